The van der Waals surface area contributed by atoms with Gasteiger partial charge in [-0.3, -0.25) is 0 Å². The van der Waals surface area contributed by atoms with E-state index in [1.807, 2.05) is 4.68 Å². The van der Waals surface area contributed by atoms with Gasteiger partial charge in [-0.25, -0.2) is 9.67 Å². The molecule has 2 unspecified atom stereocenters. The van der Waals surface area contributed by atoms with Crippen molar-refractivity contribution < 1.29 is 0 Å². The van der Waals surface area contributed by atoms with E-state index in [9.17, 15) is 0 Å². The summed E-state index contributed by atoms with van der Waals surface area (Å²) in [6.07, 6.45) is 5.04. The van der Waals surface area contributed by atoms with Crippen LogP contribution in [-0.2, 0) is 12.8 Å². The molecule has 20 heavy (non-hydrogen) atoms. The molecule has 0 fully saturated rings. The van der Waals surface area contributed by atoms with Crippen LogP contribution in [0.1, 0.15) is 48.1 Å². The van der Waals surface area contributed by atoms with Crippen LogP contribution in [0.5, 0.6) is 0 Å². The van der Waals surface area contributed by atoms with Gasteiger partial charge >= 0.3 is 0 Å². The maximum atomic E-state index is 4.45. The number of benzene rings is 1. The summed E-state index contributed by atoms with van der Waals surface area (Å²) in [5.41, 5.74) is 2.93. The molecule has 3 rings (SSSR count). The van der Waals surface area contributed by atoms with Crippen molar-refractivity contribution in [1.29, 1.82) is 0 Å². The average Bonchev–Trinajstić information content (AvgIpc) is 2.91. The highest BCUT2D eigenvalue weighted by Gasteiger charge is 2.28. The average molecular weight is 334 g/mol. The van der Waals surface area contributed by atoms with Gasteiger partial charge in [0.15, 0.2) is 0 Å². The maximum absolute atomic E-state index is 4.45. The van der Waals surface area contributed by atoms with E-state index in [-0.39, 0.29) is 0 Å². The van der Waals surface area contributed by atoms with Crippen LogP contribution in [0.3, 0.4) is 0 Å². The molecule has 0 bridgehead atoms. The van der Waals surface area contributed by atoms with Crippen molar-refractivity contribution in [1.82, 2.24) is 14.8 Å². The Kier molecular flexibility index (Phi) is 3.92. The molecule has 4 heteroatoms. The third-order valence-corrected chi connectivity index (χ3v) is 5.37. The molecule has 0 saturated heterocycles. The lowest BCUT2D eigenvalue weighted by atomic mass is 9.82. The fourth-order valence-electron chi connectivity index (χ4n) is 3.06. The number of alkyl halides is 1. The molecule has 0 radical (unpaired) electrons. The van der Waals surface area contributed by atoms with E-state index in [0.717, 1.165) is 12.2 Å². The molecule has 1 aliphatic carbocycles. The van der Waals surface area contributed by atoms with Crippen LogP contribution in [0.4, 0.5) is 0 Å². The van der Waals surface area contributed by atoms with Crippen molar-refractivity contribution in [3.8, 4) is 0 Å². The van der Waals surface area contributed by atoms with Crippen LogP contribution >= 0.6 is 15.9 Å². The molecule has 2 atom stereocenters. The third-order valence-electron chi connectivity index (χ3n) is 4.13. The van der Waals surface area contributed by atoms with Crippen LogP contribution < -0.4 is 0 Å². The highest BCUT2D eigenvalue weighted by atomic mass is 79.9. The van der Waals surface area contributed by atoms with Gasteiger partial charge in [-0.1, -0.05) is 40.2 Å². The molecule has 0 amide bonds. The van der Waals surface area contributed by atoms with Crippen LogP contribution in [0, 0.1) is 5.92 Å². The Bertz CT molecular complexity index is 591. The van der Waals surface area contributed by atoms with Gasteiger partial charge in [-0.15, -0.1) is 0 Å². The SMILES string of the molecule is CC(C)n1ncnc1CC1CCc2ccccc2C1Br. The van der Waals surface area contributed by atoms with E-state index >= 15 is 0 Å². The van der Waals surface area contributed by atoms with Gasteiger partial charge in [0.25, 0.3) is 0 Å². The number of halogens is 1. The molecular weight excluding hydrogens is 314 g/mol. The largest absolute Gasteiger partial charge is 0.248 e. The summed E-state index contributed by atoms with van der Waals surface area (Å²) < 4.78 is 2.04. The predicted molar refractivity (Wildman–Crippen MR) is 84.0 cm³/mol. The predicted octanol–water partition coefficient (Wildman–Crippen LogP) is 4.10. The lowest BCUT2D eigenvalue weighted by Gasteiger charge is -2.30. The Labute approximate surface area is 128 Å². The lowest BCUT2D eigenvalue weighted by molar-refractivity contribution is 0.415. The molecule has 2 aromatic rings. The monoisotopic (exact) mass is 333 g/mol. The van der Waals surface area contributed by atoms with Gasteiger partial charge < -0.3 is 0 Å². The van der Waals surface area contributed by atoms with Crippen molar-refractivity contribution in [2.75, 3.05) is 0 Å². The zero-order valence-electron chi connectivity index (χ0n) is 12.0. The van der Waals surface area contributed by atoms with E-state index in [2.05, 4.69) is 64.1 Å². The summed E-state index contributed by atoms with van der Waals surface area (Å²) in [5, 5.41) is 4.34. The topological polar surface area (TPSA) is 30.7 Å². The Morgan fingerprint density at radius 3 is 2.95 bits per heavy atom. The second kappa shape index (κ2) is 5.68. The standard InChI is InChI=1S/C16H20BrN3/c1-11(2)20-15(18-10-19-20)9-13-8-7-12-5-3-4-6-14(12)16(13)17/h3-6,10-11,13,16H,7-9H2,1-2H3. The van der Waals surface area contributed by atoms with Crippen molar-refractivity contribution in [2.45, 2.75) is 44.0 Å². The highest BCUT2D eigenvalue weighted by Crippen LogP contribution is 2.41. The Balaban J connectivity index is 1.81. The number of rotatable bonds is 3. The van der Waals surface area contributed by atoms with Crippen LogP contribution in [0.15, 0.2) is 30.6 Å². The van der Waals surface area contributed by atoms with Gasteiger partial charge in [-0.2, -0.15) is 5.10 Å². The molecule has 0 N–H and O–H groups in total. The molecule has 3 nitrogen and oxygen atoms in total. The Hall–Kier alpha value is -1.16. The minimum absolute atomic E-state index is 0.372. The van der Waals surface area contributed by atoms with Crippen molar-refractivity contribution in [2.24, 2.45) is 5.92 Å². The zero-order valence-corrected chi connectivity index (χ0v) is 13.5. The summed E-state index contributed by atoms with van der Waals surface area (Å²) in [5.74, 6) is 1.69. The van der Waals surface area contributed by atoms with E-state index in [4.69, 9.17) is 0 Å². The first kappa shape index (κ1) is 13.8. The first-order valence-corrected chi connectivity index (χ1v) is 8.18. The lowest BCUT2D eigenvalue weighted by Crippen LogP contribution is -2.21. The van der Waals surface area contributed by atoms with Crippen LogP contribution in [-0.4, -0.2) is 14.8 Å². The maximum Gasteiger partial charge on any atom is 0.138 e. The number of nitrogens with zero attached hydrogens (tertiary/aromatic N) is 3. The molecule has 106 valence electrons. The molecular formula is C16H20BrN3. The van der Waals surface area contributed by atoms with E-state index < -0.39 is 0 Å². The molecule has 1 aromatic heterocycles. The smallest absolute Gasteiger partial charge is 0.138 e. The van der Waals surface area contributed by atoms with E-state index in [1.54, 1.807) is 6.33 Å². The second-order valence-corrected chi connectivity index (χ2v) is 6.80. The summed E-state index contributed by atoms with van der Waals surface area (Å²) >= 11 is 3.90. The number of aromatic nitrogens is 3. The van der Waals surface area contributed by atoms with Gasteiger partial charge in [0.1, 0.15) is 12.2 Å². The summed E-state index contributed by atoms with van der Waals surface area (Å²) in [6, 6.07) is 9.13. The number of hydrogen-bond acceptors (Lipinski definition) is 2. The fourth-order valence-corrected chi connectivity index (χ4v) is 3.96. The molecule has 0 aliphatic heterocycles. The summed E-state index contributed by atoms with van der Waals surface area (Å²) in [6.45, 7) is 4.31. The minimum Gasteiger partial charge on any atom is -0.248 e. The Morgan fingerprint density at radius 2 is 2.15 bits per heavy atom. The Morgan fingerprint density at radius 1 is 1.35 bits per heavy atom. The zero-order chi connectivity index (χ0) is 14.1. The summed E-state index contributed by atoms with van der Waals surface area (Å²) in [4.78, 5) is 4.87. The number of fused-ring (bicyclic) bond motifs is 1. The first-order valence-electron chi connectivity index (χ1n) is 7.27. The second-order valence-electron chi connectivity index (χ2n) is 5.82. The quantitative estimate of drug-likeness (QED) is 0.791. The van der Waals surface area contributed by atoms with Gasteiger partial charge in [0.2, 0.25) is 0 Å². The number of hydrogen-bond donors (Lipinski definition) is 0. The van der Waals surface area contributed by atoms with E-state index in [1.165, 1.54) is 24.0 Å². The number of aryl methyl sites for hydroxylation is 1. The van der Waals surface area contributed by atoms with E-state index in [0.29, 0.717) is 16.8 Å². The van der Waals surface area contributed by atoms with Crippen molar-refractivity contribution >= 4 is 15.9 Å². The van der Waals surface area contributed by atoms with Gasteiger partial charge in [-0.05, 0) is 43.7 Å². The van der Waals surface area contributed by atoms with Gasteiger partial charge in [0.05, 0.1) is 0 Å². The molecule has 1 aliphatic rings. The van der Waals surface area contributed by atoms with Crippen LogP contribution in [0.2, 0.25) is 0 Å². The van der Waals surface area contributed by atoms with Crippen molar-refractivity contribution in [3.05, 3.63) is 47.5 Å². The summed E-state index contributed by atoms with van der Waals surface area (Å²) in [7, 11) is 0. The molecule has 1 aromatic carbocycles. The first-order chi connectivity index (χ1) is 9.66. The minimum atomic E-state index is 0.372. The third kappa shape index (κ3) is 2.53. The van der Waals surface area contributed by atoms with Crippen molar-refractivity contribution in [3.63, 3.8) is 0 Å². The molecule has 0 saturated carbocycles. The molecule has 0 spiro atoms. The van der Waals surface area contributed by atoms with Crippen LogP contribution in [0.25, 0.3) is 0 Å². The normalized spacial score (nSPS) is 22.0. The fraction of sp³-hybridized carbons (Fsp3) is 0.500. The van der Waals surface area contributed by atoms with Gasteiger partial charge in [0, 0.05) is 17.3 Å². The molecule has 1 heterocycles. The highest BCUT2D eigenvalue weighted by molar-refractivity contribution is 9.09.